The van der Waals surface area contributed by atoms with Crippen molar-refractivity contribution in [3.63, 3.8) is 0 Å². The zero-order valence-electron chi connectivity index (χ0n) is 9.64. The molecule has 3 aromatic rings. The van der Waals surface area contributed by atoms with Gasteiger partial charge < -0.3 is 5.73 Å². The second kappa shape index (κ2) is 4.84. The number of rotatable bonds is 3. The number of nitrogens with zero attached hydrogens (tertiary/aromatic N) is 2. The van der Waals surface area contributed by atoms with Crippen LogP contribution in [0.25, 0.3) is 10.1 Å². The molecule has 18 heavy (non-hydrogen) atoms. The van der Waals surface area contributed by atoms with Crippen LogP contribution in [-0.4, -0.2) is 9.78 Å². The minimum atomic E-state index is 0.580. The second-order valence-corrected chi connectivity index (χ2v) is 6.11. The third-order valence-corrected chi connectivity index (χ3v) is 4.53. The molecular weight excluding hydrogens is 310 g/mol. The molecule has 2 aromatic heterocycles. The van der Waals surface area contributed by atoms with Crippen LogP contribution in [0.4, 0.5) is 0 Å². The molecule has 0 spiro atoms. The van der Waals surface area contributed by atoms with Crippen molar-refractivity contribution in [2.24, 2.45) is 5.73 Å². The highest BCUT2D eigenvalue weighted by Gasteiger charge is 2.11. The molecule has 2 N–H and O–H groups in total. The highest BCUT2D eigenvalue weighted by molar-refractivity contribution is 9.10. The first-order valence-corrected chi connectivity index (χ1v) is 7.26. The van der Waals surface area contributed by atoms with E-state index in [1.165, 1.54) is 20.5 Å². The Morgan fingerprint density at radius 2 is 2.17 bits per heavy atom. The van der Waals surface area contributed by atoms with Gasteiger partial charge >= 0.3 is 0 Å². The predicted molar refractivity (Wildman–Crippen MR) is 78.7 cm³/mol. The van der Waals surface area contributed by atoms with Gasteiger partial charge in [0, 0.05) is 22.3 Å². The molecule has 0 saturated carbocycles. The quantitative estimate of drug-likeness (QED) is 0.803. The Morgan fingerprint density at radius 1 is 1.33 bits per heavy atom. The molecule has 0 aliphatic rings. The summed E-state index contributed by atoms with van der Waals surface area (Å²) >= 11 is 5.19. The Balaban J connectivity index is 2.09. The van der Waals surface area contributed by atoms with E-state index in [1.54, 1.807) is 17.5 Å². The molecule has 0 saturated heterocycles. The first-order chi connectivity index (χ1) is 8.78. The van der Waals surface area contributed by atoms with E-state index >= 15 is 0 Å². The van der Waals surface area contributed by atoms with Crippen molar-refractivity contribution in [2.45, 2.75) is 13.1 Å². The number of hydrogen-bond donors (Lipinski definition) is 1. The third kappa shape index (κ3) is 2.09. The minimum absolute atomic E-state index is 0.580. The van der Waals surface area contributed by atoms with Gasteiger partial charge in [0.1, 0.15) is 0 Å². The summed E-state index contributed by atoms with van der Waals surface area (Å²) in [5, 5.41) is 5.59. The summed E-state index contributed by atoms with van der Waals surface area (Å²) in [7, 11) is 0. The molecule has 0 fully saturated rings. The molecule has 0 aliphatic heterocycles. The van der Waals surface area contributed by atoms with Crippen LogP contribution < -0.4 is 5.73 Å². The van der Waals surface area contributed by atoms with Crippen molar-refractivity contribution in [3.8, 4) is 0 Å². The summed E-state index contributed by atoms with van der Waals surface area (Å²) in [6.07, 6.45) is 3.78. The van der Waals surface area contributed by atoms with Crippen LogP contribution in [0.5, 0.6) is 0 Å². The minimum Gasteiger partial charge on any atom is -0.326 e. The molecule has 0 bridgehead atoms. The van der Waals surface area contributed by atoms with Crippen molar-refractivity contribution in [3.05, 3.63) is 51.6 Å². The first-order valence-electron chi connectivity index (χ1n) is 5.65. The Labute approximate surface area is 117 Å². The number of thiophene rings is 1. The topological polar surface area (TPSA) is 43.8 Å². The van der Waals surface area contributed by atoms with Gasteiger partial charge in [-0.05, 0) is 32.9 Å². The van der Waals surface area contributed by atoms with Gasteiger partial charge in [0.2, 0.25) is 0 Å². The maximum Gasteiger partial charge on any atom is 0.0677 e. The third-order valence-electron chi connectivity index (χ3n) is 2.89. The highest BCUT2D eigenvalue weighted by Crippen LogP contribution is 2.31. The zero-order valence-corrected chi connectivity index (χ0v) is 12.0. The van der Waals surface area contributed by atoms with E-state index in [4.69, 9.17) is 5.73 Å². The van der Waals surface area contributed by atoms with Crippen LogP contribution in [-0.2, 0) is 13.1 Å². The predicted octanol–water partition coefficient (Wildman–Crippen LogP) is 3.37. The number of fused-ring (bicyclic) bond motifs is 1. The molecule has 92 valence electrons. The summed E-state index contributed by atoms with van der Waals surface area (Å²) in [5.74, 6) is 0. The van der Waals surface area contributed by atoms with Crippen LogP contribution >= 0.6 is 27.3 Å². The summed E-state index contributed by atoms with van der Waals surface area (Å²) in [6, 6.07) is 8.42. The largest absolute Gasteiger partial charge is 0.326 e. The van der Waals surface area contributed by atoms with Gasteiger partial charge in [-0.1, -0.05) is 18.2 Å². The van der Waals surface area contributed by atoms with Crippen LogP contribution in [0.2, 0.25) is 0 Å². The van der Waals surface area contributed by atoms with Crippen molar-refractivity contribution in [1.82, 2.24) is 9.78 Å². The monoisotopic (exact) mass is 321 g/mol. The van der Waals surface area contributed by atoms with Crippen LogP contribution in [0, 0.1) is 0 Å². The van der Waals surface area contributed by atoms with E-state index in [-0.39, 0.29) is 0 Å². The van der Waals surface area contributed by atoms with Gasteiger partial charge in [-0.25, -0.2) is 0 Å². The lowest BCUT2D eigenvalue weighted by Crippen LogP contribution is -2.04. The van der Waals surface area contributed by atoms with Gasteiger partial charge in [0.15, 0.2) is 0 Å². The Bertz CT molecular complexity index is 686. The molecule has 2 heterocycles. The van der Waals surface area contributed by atoms with Crippen molar-refractivity contribution in [1.29, 1.82) is 0 Å². The summed E-state index contributed by atoms with van der Waals surface area (Å²) < 4.78 is 4.22. The van der Waals surface area contributed by atoms with Gasteiger partial charge in [0.05, 0.1) is 17.2 Å². The lowest BCUT2D eigenvalue weighted by Gasteiger charge is -2.03. The van der Waals surface area contributed by atoms with Gasteiger partial charge in [-0.3, -0.25) is 4.68 Å². The lowest BCUT2D eigenvalue weighted by atomic mass is 10.1. The maximum absolute atomic E-state index is 5.84. The molecule has 0 amide bonds. The molecule has 0 atom stereocenters. The van der Waals surface area contributed by atoms with E-state index in [1.807, 2.05) is 10.9 Å². The van der Waals surface area contributed by atoms with Crippen molar-refractivity contribution in [2.75, 3.05) is 0 Å². The molecule has 5 heteroatoms. The summed E-state index contributed by atoms with van der Waals surface area (Å²) in [6.45, 7) is 1.35. The molecule has 3 nitrogen and oxygen atoms in total. The molecule has 0 unspecified atom stereocenters. The second-order valence-electron chi connectivity index (χ2n) is 4.06. The normalized spacial score (nSPS) is 11.2. The Morgan fingerprint density at radius 3 is 2.89 bits per heavy atom. The van der Waals surface area contributed by atoms with Crippen LogP contribution in [0.3, 0.4) is 0 Å². The van der Waals surface area contributed by atoms with Crippen molar-refractivity contribution >= 4 is 37.4 Å². The molecule has 3 rings (SSSR count). The highest BCUT2D eigenvalue weighted by atomic mass is 79.9. The fraction of sp³-hybridized carbons (Fsp3) is 0.154. The van der Waals surface area contributed by atoms with Crippen molar-refractivity contribution < 1.29 is 0 Å². The molecule has 0 radical (unpaired) electrons. The number of hydrogen-bond acceptors (Lipinski definition) is 3. The number of aromatic nitrogens is 2. The Hall–Kier alpha value is -1.17. The van der Waals surface area contributed by atoms with Crippen LogP contribution in [0.15, 0.2) is 41.1 Å². The lowest BCUT2D eigenvalue weighted by molar-refractivity contribution is 0.687. The maximum atomic E-state index is 5.84. The summed E-state index contributed by atoms with van der Waals surface area (Å²) in [4.78, 5) is 1.24. The average Bonchev–Trinajstić information content (AvgIpc) is 2.94. The SMILES string of the molecule is NCc1sc2ccccc2c1Cn1cc(Br)cn1. The van der Waals surface area contributed by atoms with E-state index in [9.17, 15) is 0 Å². The first kappa shape index (κ1) is 11.9. The standard InChI is InChI=1S/C13H12BrN3S/c14-9-6-16-17(7-9)8-11-10-3-1-2-4-12(10)18-13(11)5-15/h1-4,6-7H,5,8,15H2. The smallest absolute Gasteiger partial charge is 0.0677 e. The molecular formula is C13H12BrN3S. The molecule has 0 aliphatic carbocycles. The van der Waals surface area contributed by atoms with E-state index < -0.39 is 0 Å². The van der Waals surface area contributed by atoms with Crippen LogP contribution in [0.1, 0.15) is 10.4 Å². The van der Waals surface area contributed by atoms with Gasteiger partial charge in [-0.15, -0.1) is 11.3 Å². The van der Waals surface area contributed by atoms with E-state index in [0.29, 0.717) is 6.54 Å². The Kier molecular flexibility index (Phi) is 3.20. The number of benzene rings is 1. The fourth-order valence-corrected chi connectivity index (χ4v) is 3.50. The van der Waals surface area contributed by atoms with E-state index in [0.717, 1.165) is 11.0 Å². The number of nitrogens with two attached hydrogens (primary N) is 1. The average molecular weight is 322 g/mol. The molecule has 1 aromatic carbocycles. The van der Waals surface area contributed by atoms with Gasteiger partial charge in [-0.2, -0.15) is 5.10 Å². The van der Waals surface area contributed by atoms with E-state index in [2.05, 4.69) is 45.3 Å². The fourth-order valence-electron chi connectivity index (χ4n) is 2.07. The zero-order chi connectivity index (χ0) is 12.5. The summed E-state index contributed by atoms with van der Waals surface area (Å²) in [5.41, 5.74) is 7.13. The number of halogens is 1. The van der Waals surface area contributed by atoms with Gasteiger partial charge in [0.25, 0.3) is 0 Å².